The van der Waals surface area contributed by atoms with E-state index in [1.807, 2.05) is 24.3 Å². The number of ether oxygens (including phenoxy) is 1. The van der Waals surface area contributed by atoms with Crippen molar-refractivity contribution in [2.24, 2.45) is 0 Å². The van der Waals surface area contributed by atoms with Crippen molar-refractivity contribution in [1.29, 1.82) is 5.26 Å². The molecule has 0 unspecified atom stereocenters. The van der Waals surface area contributed by atoms with Crippen molar-refractivity contribution < 1.29 is 4.74 Å². The fourth-order valence-electron chi connectivity index (χ4n) is 3.83. The van der Waals surface area contributed by atoms with Gasteiger partial charge in [0.25, 0.3) is 5.56 Å². The Bertz CT molecular complexity index is 1670. The van der Waals surface area contributed by atoms with Gasteiger partial charge in [-0.15, -0.1) is 0 Å². The molecular weight excluding hydrogens is 483 g/mol. The van der Waals surface area contributed by atoms with E-state index < -0.39 is 5.56 Å². The number of hydrogen-bond donors (Lipinski definition) is 0. The molecule has 0 amide bonds. The summed E-state index contributed by atoms with van der Waals surface area (Å²) in [5.74, 6) is 0.788. The van der Waals surface area contributed by atoms with Gasteiger partial charge < -0.3 is 4.74 Å². The molecule has 0 radical (unpaired) electrons. The summed E-state index contributed by atoms with van der Waals surface area (Å²) in [6, 6.07) is 25.1. The zero-order valence-corrected chi connectivity index (χ0v) is 19.9. The van der Waals surface area contributed by atoms with Gasteiger partial charge in [-0.3, -0.25) is 4.79 Å². The lowest BCUT2D eigenvalue weighted by molar-refractivity contribution is 0.415. The highest BCUT2D eigenvalue weighted by molar-refractivity contribution is 6.33. The van der Waals surface area contributed by atoms with E-state index in [1.54, 1.807) is 67.8 Å². The Balaban J connectivity index is 1.87. The number of nitrogens with zero attached hydrogens (tertiary/aromatic N) is 4. The minimum absolute atomic E-state index is 0.0878. The average molecular weight is 499 g/mol. The number of halogens is 2. The van der Waals surface area contributed by atoms with Crippen LogP contribution in [0.5, 0.6) is 5.75 Å². The Hall–Kier alpha value is -4.18. The van der Waals surface area contributed by atoms with Crippen molar-refractivity contribution in [3.8, 4) is 45.6 Å². The molecule has 2 aromatic heterocycles. The zero-order valence-electron chi connectivity index (χ0n) is 18.4. The summed E-state index contributed by atoms with van der Waals surface area (Å²) in [6.07, 6.45) is 0. The normalized spacial score (nSPS) is 10.8. The Morgan fingerprint density at radius 2 is 1.60 bits per heavy atom. The second-order valence-corrected chi connectivity index (χ2v) is 8.47. The van der Waals surface area contributed by atoms with E-state index in [0.29, 0.717) is 43.9 Å². The van der Waals surface area contributed by atoms with Crippen molar-refractivity contribution >= 4 is 29.0 Å². The van der Waals surface area contributed by atoms with Gasteiger partial charge in [0.2, 0.25) is 5.78 Å². The summed E-state index contributed by atoms with van der Waals surface area (Å²) in [4.78, 5) is 23.0. The molecule has 0 aliphatic carbocycles. The quantitative estimate of drug-likeness (QED) is 0.291. The van der Waals surface area contributed by atoms with E-state index in [1.165, 1.54) is 4.40 Å². The van der Waals surface area contributed by atoms with Crippen molar-refractivity contribution in [2.75, 3.05) is 7.11 Å². The fraction of sp³-hybridized carbons (Fsp3) is 0.0370. The number of rotatable bonds is 4. The first-order chi connectivity index (χ1) is 17.0. The molecule has 5 aromatic rings. The van der Waals surface area contributed by atoms with Gasteiger partial charge in [0, 0.05) is 21.2 Å². The Morgan fingerprint density at radius 3 is 2.26 bits per heavy atom. The molecule has 0 atom stereocenters. The second kappa shape index (κ2) is 9.22. The molecule has 3 aromatic carbocycles. The van der Waals surface area contributed by atoms with Gasteiger partial charge >= 0.3 is 0 Å². The molecule has 0 saturated heterocycles. The molecule has 5 rings (SSSR count). The second-order valence-electron chi connectivity index (χ2n) is 7.63. The highest BCUT2D eigenvalue weighted by Gasteiger charge is 2.20. The molecule has 0 bridgehead atoms. The third-order valence-electron chi connectivity index (χ3n) is 5.57. The lowest BCUT2D eigenvalue weighted by Gasteiger charge is -2.14. The zero-order chi connectivity index (χ0) is 24.5. The molecule has 6 nitrogen and oxygen atoms in total. The number of nitriles is 1. The monoisotopic (exact) mass is 498 g/mol. The Morgan fingerprint density at radius 1 is 0.914 bits per heavy atom. The molecule has 2 heterocycles. The predicted molar refractivity (Wildman–Crippen MR) is 137 cm³/mol. The van der Waals surface area contributed by atoms with Crippen LogP contribution in [-0.4, -0.2) is 21.5 Å². The minimum atomic E-state index is -0.522. The van der Waals surface area contributed by atoms with Gasteiger partial charge in [-0.2, -0.15) is 5.26 Å². The van der Waals surface area contributed by atoms with E-state index >= 15 is 0 Å². The van der Waals surface area contributed by atoms with Crippen LogP contribution in [0.25, 0.3) is 39.5 Å². The molecular formula is C27H16Cl2N4O2. The fourth-order valence-corrected chi connectivity index (χ4v) is 4.19. The maximum atomic E-state index is 13.6. The molecule has 0 N–H and O–H groups in total. The SMILES string of the molecule is COc1ccc(-c2nc3nc(-c4ccccc4Cl)cc(-c4ccc(Cl)cc4)n3c(=O)c2C#N)cc1. The number of hydrogen-bond acceptors (Lipinski definition) is 5. The Labute approximate surface area is 210 Å². The minimum Gasteiger partial charge on any atom is -0.497 e. The van der Waals surface area contributed by atoms with E-state index in [4.69, 9.17) is 27.9 Å². The lowest BCUT2D eigenvalue weighted by Crippen LogP contribution is -2.22. The summed E-state index contributed by atoms with van der Waals surface area (Å²) in [5.41, 5.74) is 2.68. The van der Waals surface area contributed by atoms with E-state index in [-0.39, 0.29) is 17.0 Å². The largest absolute Gasteiger partial charge is 0.497 e. The van der Waals surface area contributed by atoms with Crippen LogP contribution in [0.15, 0.2) is 83.7 Å². The third-order valence-corrected chi connectivity index (χ3v) is 6.15. The highest BCUT2D eigenvalue weighted by atomic mass is 35.5. The number of benzene rings is 3. The van der Waals surface area contributed by atoms with Gasteiger partial charge in [0.05, 0.1) is 24.2 Å². The van der Waals surface area contributed by atoms with Crippen LogP contribution < -0.4 is 10.3 Å². The van der Waals surface area contributed by atoms with Crippen LogP contribution in [-0.2, 0) is 0 Å². The molecule has 0 fully saturated rings. The molecule has 0 saturated carbocycles. The molecule has 0 spiro atoms. The summed E-state index contributed by atoms with van der Waals surface area (Å²) in [5, 5.41) is 11.0. The summed E-state index contributed by atoms with van der Waals surface area (Å²) < 4.78 is 6.56. The van der Waals surface area contributed by atoms with Crippen molar-refractivity contribution in [3.63, 3.8) is 0 Å². The molecule has 170 valence electrons. The highest BCUT2D eigenvalue weighted by Crippen LogP contribution is 2.31. The first-order valence-electron chi connectivity index (χ1n) is 10.5. The maximum Gasteiger partial charge on any atom is 0.278 e. The van der Waals surface area contributed by atoms with E-state index in [0.717, 1.165) is 0 Å². The van der Waals surface area contributed by atoms with Crippen LogP contribution in [0.2, 0.25) is 10.0 Å². The van der Waals surface area contributed by atoms with Gasteiger partial charge in [0.15, 0.2) is 0 Å². The van der Waals surface area contributed by atoms with Crippen LogP contribution in [0.1, 0.15) is 5.56 Å². The maximum absolute atomic E-state index is 13.6. The Kier molecular flexibility index (Phi) is 5.96. The predicted octanol–water partition coefficient (Wildman–Crippen LogP) is 6.28. The first-order valence-corrected chi connectivity index (χ1v) is 11.3. The van der Waals surface area contributed by atoms with Gasteiger partial charge in [-0.05, 0) is 54.1 Å². The summed E-state index contributed by atoms with van der Waals surface area (Å²) in [6.45, 7) is 0. The molecule has 8 heteroatoms. The first kappa shape index (κ1) is 22.6. The molecule has 35 heavy (non-hydrogen) atoms. The van der Waals surface area contributed by atoms with Crippen LogP contribution >= 0.6 is 23.2 Å². The van der Waals surface area contributed by atoms with E-state index in [9.17, 15) is 10.1 Å². The number of fused-ring (bicyclic) bond motifs is 1. The molecule has 0 aliphatic rings. The third kappa shape index (κ3) is 4.12. The van der Waals surface area contributed by atoms with Crippen LogP contribution in [0.4, 0.5) is 0 Å². The summed E-state index contributed by atoms with van der Waals surface area (Å²) in [7, 11) is 1.56. The van der Waals surface area contributed by atoms with E-state index in [2.05, 4.69) is 9.97 Å². The lowest BCUT2D eigenvalue weighted by atomic mass is 10.1. The van der Waals surface area contributed by atoms with Crippen LogP contribution in [0, 0.1) is 11.3 Å². The standard InChI is InChI=1S/C27H16Cl2N4O2/c1-35-19-12-8-17(9-13-19)25-21(15-30)26(34)33-24(16-6-10-18(28)11-7-16)14-23(31-27(33)32-25)20-4-2-3-5-22(20)29/h2-14H,1H3. The van der Waals surface area contributed by atoms with Crippen molar-refractivity contribution in [1.82, 2.24) is 14.4 Å². The average Bonchev–Trinajstić information content (AvgIpc) is 2.88. The van der Waals surface area contributed by atoms with Gasteiger partial charge in [-0.1, -0.05) is 53.5 Å². The van der Waals surface area contributed by atoms with Gasteiger partial charge in [0.1, 0.15) is 17.4 Å². The molecule has 0 aliphatic heterocycles. The smallest absolute Gasteiger partial charge is 0.278 e. The number of methoxy groups -OCH3 is 1. The van der Waals surface area contributed by atoms with Crippen molar-refractivity contribution in [3.05, 3.63) is 105 Å². The van der Waals surface area contributed by atoms with Gasteiger partial charge in [-0.25, -0.2) is 14.4 Å². The topological polar surface area (TPSA) is 80.3 Å². The van der Waals surface area contributed by atoms with Crippen LogP contribution in [0.3, 0.4) is 0 Å². The summed E-state index contributed by atoms with van der Waals surface area (Å²) >= 11 is 12.6. The van der Waals surface area contributed by atoms with Crippen molar-refractivity contribution in [2.45, 2.75) is 0 Å². The number of aromatic nitrogens is 3.